The fourth-order valence-corrected chi connectivity index (χ4v) is 1.39. The van der Waals surface area contributed by atoms with Crippen molar-refractivity contribution in [2.45, 2.75) is 18.7 Å². The minimum Gasteiger partial charge on any atom is -0.469 e. The zero-order valence-electron chi connectivity index (χ0n) is 9.53. The monoisotopic (exact) mass is 263 g/mol. The molecule has 0 saturated heterocycles. The number of carbonyl (C=O) groups excluding carboxylic acids is 1. The standard InChI is InChI=1S/C11H12F3NO3/c1-17-10(16)6-9(18-15)7-3-2-4-8(5-7)11(12,13)14/h2-5,9H,6,15H2,1H3. The highest BCUT2D eigenvalue weighted by molar-refractivity contribution is 5.70. The first-order valence-electron chi connectivity index (χ1n) is 4.98. The Morgan fingerprint density at radius 2 is 2.11 bits per heavy atom. The Bertz CT molecular complexity index is 420. The third-order valence-corrected chi connectivity index (χ3v) is 2.33. The van der Waals surface area contributed by atoms with E-state index in [1.54, 1.807) is 0 Å². The van der Waals surface area contributed by atoms with Crippen LogP contribution >= 0.6 is 0 Å². The molecule has 1 aromatic rings. The number of methoxy groups -OCH3 is 1. The van der Waals surface area contributed by atoms with Gasteiger partial charge < -0.3 is 4.74 Å². The summed E-state index contributed by atoms with van der Waals surface area (Å²) in [6, 6.07) is 4.44. The highest BCUT2D eigenvalue weighted by Gasteiger charge is 2.31. The predicted octanol–water partition coefficient (Wildman–Crippen LogP) is 2.20. The second kappa shape index (κ2) is 5.83. The quantitative estimate of drug-likeness (QED) is 0.668. The van der Waals surface area contributed by atoms with E-state index in [1.165, 1.54) is 19.2 Å². The van der Waals surface area contributed by atoms with Crippen LogP contribution in [0.4, 0.5) is 13.2 Å². The molecule has 0 aliphatic heterocycles. The van der Waals surface area contributed by atoms with E-state index in [0.29, 0.717) is 0 Å². The number of esters is 1. The molecule has 4 nitrogen and oxygen atoms in total. The SMILES string of the molecule is COC(=O)CC(ON)c1cccc(C(F)(F)F)c1. The number of hydrogen-bond acceptors (Lipinski definition) is 4. The number of carbonyl (C=O) groups is 1. The van der Waals surface area contributed by atoms with Crippen LogP contribution in [-0.4, -0.2) is 13.1 Å². The lowest BCUT2D eigenvalue weighted by Crippen LogP contribution is -2.16. The van der Waals surface area contributed by atoms with Crippen molar-refractivity contribution in [1.82, 2.24) is 0 Å². The Balaban J connectivity index is 2.96. The highest BCUT2D eigenvalue weighted by Crippen LogP contribution is 2.31. The van der Waals surface area contributed by atoms with E-state index < -0.39 is 23.8 Å². The van der Waals surface area contributed by atoms with Gasteiger partial charge in [0.15, 0.2) is 0 Å². The van der Waals surface area contributed by atoms with Gasteiger partial charge in [-0.3, -0.25) is 9.63 Å². The Kier molecular flexibility index (Phi) is 4.69. The van der Waals surface area contributed by atoms with Gasteiger partial charge in [-0.15, -0.1) is 0 Å². The largest absolute Gasteiger partial charge is 0.469 e. The molecule has 1 rings (SSSR count). The number of ether oxygens (including phenoxy) is 1. The van der Waals surface area contributed by atoms with Crippen molar-refractivity contribution in [2.75, 3.05) is 7.11 Å². The topological polar surface area (TPSA) is 61.5 Å². The van der Waals surface area contributed by atoms with E-state index in [0.717, 1.165) is 12.1 Å². The third kappa shape index (κ3) is 3.71. The Morgan fingerprint density at radius 3 is 2.61 bits per heavy atom. The van der Waals surface area contributed by atoms with Crippen LogP contribution in [0.15, 0.2) is 24.3 Å². The molecule has 0 radical (unpaired) electrons. The molecule has 0 saturated carbocycles. The van der Waals surface area contributed by atoms with Crippen molar-refractivity contribution in [2.24, 2.45) is 5.90 Å². The van der Waals surface area contributed by atoms with Crippen LogP contribution < -0.4 is 5.90 Å². The summed E-state index contributed by atoms with van der Waals surface area (Å²) < 4.78 is 41.9. The van der Waals surface area contributed by atoms with Crippen molar-refractivity contribution in [3.05, 3.63) is 35.4 Å². The summed E-state index contributed by atoms with van der Waals surface area (Å²) in [5, 5.41) is 0. The van der Waals surface area contributed by atoms with Crippen LogP contribution in [0.25, 0.3) is 0 Å². The van der Waals surface area contributed by atoms with E-state index in [4.69, 9.17) is 5.90 Å². The molecular formula is C11H12F3NO3. The van der Waals surface area contributed by atoms with E-state index in [1.807, 2.05) is 0 Å². The van der Waals surface area contributed by atoms with Gasteiger partial charge in [0.2, 0.25) is 0 Å². The van der Waals surface area contributed by atoms with E-state index in [2.05, 4.69) is 9.57 Å². The molecule has 0 bridgehead atoms. The van der Waals surface area contributed by atoms with Crippen LogP contribution in [0.3, 0.4) is 0 Å². The summed E-state index contributed by atoms with van der Waals surface area (Å²) in [5.41, 5.74) is -0.662. The maximum atomic E-state index is 12.5. The second-order valence-electron chi connectivity index (χ2n) is 3.53. The number of benzene rings is 1. The summed E-state index contributed by atoms with van der Waals surface area (Å²) in [7, 11) is 1.17. The van der Waals surface area contributed by atoms with Crippen LogP contribution in [-0.2, 0) is 20.5 Å². The fourth-order valence-electron chi connectivity index (χ4n) is 1.39. The van der Waals surface area contributed by atoms with Crippen LogP contribution in [0, 0.1) is 0 Å². The van der Waals surface area contributed by atoms with Crippen molar-refractivity contribution in [1.29, 1.82) is 0 Å². The molecule has 1 atom stereocenters. The summed E-state index contributed by atoms with van der Waals surface area (Å²) >= 11 is 0. The van der Waals surface area contributed by atoms with E-state index >= 15 is 0 Å². The molecule has 0 amide bonds. The summed E-state index contributed by atoms with van der Waals surface area (Å²) in [4.78, 5) is 15.6. The van der Waals surface area contributed by atoms with Crippen molar-refractivity contribution in [3.63, 3.8) is 0 Å². The van der Waals surface area contributed by atoms with Gasteiger partial charge in [-0.2, -0.15) is 13.2 Å². The molecule has 0 heterocycles. The summed E-state index contributed by atoms with van der Waals surface area (Å²) in [6.07, 6.45) is -5.69. The minimum absolute atomic E-state index is 0.165. The summed E-state index contributed by atoms with van der Waals surface area (Å²) in [6.45, 7) is 0. The molecule has 0 aromatic heterocycles. The first kappa shape index (κ1) is 14.5. The molecule has 0 fully saturated rings. The lowest BCUT2D eigenvalue weighted by Gasteiger charge is -2.15. The Labute approximate surface area is 101 Å². The molecule has 0 aliphatic carbocycles. The third-order valence-electron chi connectivity index (χ3n) is 2.33. The van der Waals surface area contributed by atoms with Crippen LogP contribution in [0.2, 0.25) is 0 Å². The minimum atomic E-state index is -4.46. The maximum absolute atomic E-state index is 12.5. The van der Waals surface area contributed by atoms with Crippen LogP contribution in [0.1, 0.15) is 23.7 Å². The Morgan fingerprint density at radius 1 is 1.44 bits per heavy atom. The van der Waals surface area contributed by atoms with Gasteiger partial charge in [0.25, 0.3) is 0 Å². The van der Waals surface area contributed by atoms with Gasteiger partial charge in [-0.05, 0) is 17.7 Å². The Hall–Kier alpha value is -1.60. The number of nitrogens with two attached hydrogens (primary N) is 1. The van der Waals surface area contributed by atoms with Gasteiger partial charge in [0.1, 0.15) is 6.10 Å². The molecule has 2 N–H and O–H groups in total. The fraction of sp³-hybridized carbons (Fsp3) is 0.364. The average molecular weight is 263 g/mol. The molecule has 7 heteroatoms. The van der Waals surface area contributed by atoms with E-state index in [9.17, 15) is 18.0 Å². The number of halogens is 3. The molecule has 1 unspecified atom stereocenters. The molecule has 18 heavy (non-hydrogen) atoms. The molecule has 0 spiro atoms. The smallest absolute Gasteiger partial charge is 0.416 e. The first-order valence-corrected chi connectivity index (χ1v) is 4.98. The number of alkyl halides is 3. The lowest BCUT2D eigenvalue weighted by molar-refractivity contribution is -0.144. The van der Waals surface area contributed by atoms with Gasteiger partial charge in [-0.25, -0.2) is 5.90 Å². The first-order chi connectivity index (χ1) is 8.38. The lowest BCUT2D eigenvalue weighted by atomic mass is 10.0. The van der Waals surface area contributed by atoms with Gasteiger partial charge in [0.05, 0.1) is 19.1 Å². The normalized spacial score (nSPS) is 13.2. The number of rotatable bonds is 4. The van der Waals surface area contributed by atoms with Gasteiger partial charge in [0, 0.05) is 0 Å². The zero-order valence-corrected chi connectivity index (χ0v) is 9.53. The molecule has 100 valence electrons. The zero-order chi connectivity index (χ0) is 13.8. The molecular weight excluding hydrogens is 251 g/mol. The van der Waals surface area contributed by atoms with Gasteiger partial charge >= 0.3 is 12.1 Å². The van der Waals surface area contributed by atoms with Crippen LogP contribution in [0.5, 0.6) is 0 Å². The van der Waals surface area contributed by atoms with Crippen molar-refractivity contribution >= 4 is 5.97 Å². The maximum Gasteiger partial charge on any atom is 0.416 e. The molecule has 1 aromatic carbocycles. The average Bonchev–Trinajstić information content (AvgIpc) is 2.34. The predicted molar refractivity (Wildman–Crippen MR) is 56.1 cm³/mol. The van der Waals surface area contributed by atoms with Gasteiger partial charge in [-0.1, -0.05) is 12.1 Å². The van der Waals surface area contributed by atoms with Crippen molar-refractivity contribution < 1.29 is 27.5 Å². The second-order valence-corrected chi connectivity index (χ2v) is 3.53. The van der Waals surface area contributed by atoms with Crippen molar-refractivity contribution in [3.8, 4) is 0 Å². The van der Waals surface area contributed by atoms with E-state index in [-0.39, 0.29) is 12.0 Å². The highest BCUT2D eigenvalue weighted by atomic mass is 19.4. The summed E-state index contributed by atoms with van der Waals surface area (Å²) in [5.74, 6) is 4.36. The molecule has 0 aliphatic rings. The number of hydrogen-bond donors (Lipinski definition) is 1.